The molecule has 1 aromatic rings. The second kappa shape index (κ2) is 9.01. The van der Waals surface area contributed by atoms with E-state index in [2.05, 4.69) is 0 Å². The third-order valence-corrected chi connectivity index (χ3v) is 2.81. The molecule has 0 radical (unpaired) electrons. The SMILES string of the molecule is CC(C)=CCOc1ccc(CC=O)c(OCC=C(C)C)c1. The van der Waals surface area contributed by atoms with Crippen LogP contribution in [0.15, 0.2) is 41.5 Å². The summed E-state index contributed by atoms with van der Waals surface area (Å²) in [5.41, 5.74) is 3.29. The zero-order valence-electron chi connectivity index (χ0n) is 13.3. The van der Waals surface area contributed by atoms with Crippen molar-refractivity contribution in [2.24, 2.45) is 0 Å². The van der Waals surface area contributed by atoms with Crippen LogP contribution in [0.25, 0.3) is 0 Å². The van der Waals surface area contributed by atoms with E-state index < -0.39 is 0 Å². The van der Waals surface area contributed by atoms with Gasteiger partial charge in [0.05, 0.1) is 0 Å². The second-order valence-electron chi connectivity index (χ2n) is 5.33. The van der Waals surface area contributed by atoms with Crippen molar-refractivity contribution >= 4 is 6.29 Å². The van der Waals surface area contributed by atoms with Gasteiger partial charge < -0.3 is 14.3 Å². The van der Waals surface area contributed by atoms with Gasteiger partial charge in [-0.2, -0.15) is 0 Å². The predicted octanol–water partition coefficient (Wildman–Crippen LogP) is 4.12. The number of carbonyl (C=O) groups excluding carboxylic acids is 1. The van der Waals surface area contributed by atoms with Gasteiger partial charge in [-0.05, 0) is 45.9 Å². The number of ether oxygens (including phenoxy) is 2. The average molecular weight is 288 g/mol. The van der Waals surface area contributed by atoms with E-state index >= 15 is 0 Å². The lowest BCUT2D eigenvalue weighted by Crippen LogP contribution is -2.01. The Balaban J connectivity index is 2.81. The van der Waals surface area contributed by atoms with E-state index in [0.29, 0.717) is 25.4 Å². The summed E-state index contributed by atoms with van der Waals surface area (Å²) < 4.78 is 11.4. The maximum Gasteiger partial charge on any atom is 0.127 e. The molecule has 0 aliphatic heterocycles. The molecule has 0 saturated carbocycles. The second-order valence-corrected chi connectivity index (χ2v) is 5.33. The summed E-state index contributed by atoms with van der Waals surface area (Å²) in [5, 5.41) is 0. The summed E-state index contributed by atoms with van der Waals surface area (Å²) in [5.74, 6) is 1.45. The van der Waals surface area contributed by atoms with Gasteiger partial charge in [0.15, 0.2) is 0 Å². The minimum absolute atomic E-state index is 0.346. The standard InChI is InChI=1S/C18H24O3/c1-14(2)8-11-20-17-6-5-16(7-10-19)18(13-17)21-12-9-15(3)4/h5-6,8-10,13H,7,11-12H2,1-4H3. The smallest absolute Gasteiger partial charge is 0.127 e. The van der Waals surface area contributed by atoms with E-state index in [9.17, 15) is 4.79 Å². The molecule has 1 rings (SSSR count). The Morgan fingerprint density at radius 3 is 2.19 bits per heavy atom. The molecule has 21 heavy (non-hydrogen) atoms. The summed E-state index contributed by atoms with van der Waals surface area (Å²) >= 11 is 0. The maximum atomic E-state index is 10.7. The monoisotopic (exact) mass is 288 g/mol. The lowest BCUT2D eigenvalue weighted by Gasteiger charge is -2.11. The molecule has 0 aromatic heterocycles. The Kier molecular flexibility index (Phi) is 7.30. The van der Waals surface area contributed by atoms with Gasteiger partial charge in [0.25, 0.3) is 0 Å². The Labute approximate surface area is 127 Å². The van der Waals surface area contributed by atoms with Gasteiger partial charge in [0.2, 0.25) is 0 Å². The zero-order chi connectivity index (χ0) is 15.7. The molecular weight excluding hydrogens is 264 g/mol. The van der Waals surface area contributed by atoms with Gasteiger partial charge in [-0.3, -0.25) is 0 Å². The highest BCUT2D eigenvalue weighted by atomic mass is 16.5. The van der Waals surface area contributed by atoms with E-state index in [0.717, 1.165) is 17.6 Å². The lowest BCUT2D eigenvalue weighted by molar-refractivity contribution is -0.107. The summed E-state index contributed by atoms with van der Waals surface area (Å²) in [7, 11) is 0. The predicted molar refractivity (Wildman–Crippen MR) is 86.1 cm³/mol. The first kappa shape index (κ1) is 17.0. The van der Waals surface area contributed by atoms with Crippen LogP contribution in [0.5, 0.6) is 11.5 Å². The van der Waals surface area contributed by atoms with Gasteiger partial charge in [0.1, 0.15) is 31.0 Å². The first-order chi connectivity index (χ1) is 10.0. The molecule has 114 valence electrons. The molecule has 3 nitrogen and oxygen atoms in total. The van der Waals surface area contributed by atoms with Crippen LogP contribution in [0.4, 0.5) is 0 Å². The van der Waals surface area contributed by atoms with E-state index in [4.69, 9.17) is 9.47 Å². The third kappa shape index (κ3) is 6.80. The van der Waals surface area contributed by atoms with Crippen molar-refractivity contribution in [3.63, 3.8) is 0 Å². The Hall–Kier alpha value is -2.03. The molecule has 0 atom stereocenters. The Bertz CT molecular complexity index is 519. The molecule has 0 bridgehead atoms. The fourth-order valence-corrected chi connectivity index (χ4v) is 1.62. The molecule has 1 aromatic carbocycles. The van der Waals surface area contributed by atoms with Crippen molar-refractivity contribution in [3.05, 3.63) is 47.1 Å². The first-order valence-corrected chi connectivity index (χ1v) is 7.11. The molecule has 0 saturated heterocycles. The fraction of sp³-hybridized carbons (Fsp3) is 0.389. The van der Waals surface area contributed by atoms with Crippen LogP contribution in [0, 0.1) is 0 Å². The van der Waals surface area contributed by atoms with Crippen molar-refractivity contribution in [1.29, 1.82) is 0 Å². The van der Waals surface area contributed by atoms with Gasteiger partial charge in [-0.25, -0.2) is 0 Å². The number of hydrogen-bond acceptors (Lipinski definition) is 3. The van der Waals surface area contributed by atoms with Gasteiger partial charge in [-0.1, -0.05) is 17.2 Å². The van der Waals surface area contributed by atoms with Crippen molar-refractivity contribution in [1.82, 2.24) is 0 Å². The quantitative estimate of drug-likeness (QED) is 0.533. The van der Waals surface area contributed by atoms with Gasteiger partial charge in [0, 0.05) is 18.1 Å². The van der Waals surface area contributed by atoms with Crippen molar-refractivity contribution in [3.8, 4) is 11.5 Å². The minimum atomic E-state index is 0.346. The summed E-state index contributed by atoms with van der Waals surface area (Å²) in [6, 6.07) is 5.59. The number of hydrogen-bond donors (Lipinski definition) is 0. The molecule has 0 amide bonds. The normalized spacial score (nSPS) is 9.71. The number of benzene rings is 1. The Morgan fingerprint density at radius 2 is 1.62 bits per heavy atom. The minimum Gasteiger partial charge on any atom is -0.489 e. The molecular formula is C18H24O3. The highest BCUT2D eigenvalue weighted by molar-refractivity contribution is 5.58. The molecule has 0 N–H and O–H groups in total. The van der Waals surface area contributed by atoms with Crippen molar-refractivity contribution in [2.75, 3.05) is 13.2 Å². The highest BCUT2D eigenvalue weighted by Gasteiger charge is 2.05. The lowest BCUT2D eigenvalue weighted by atomic mass is 10.1. The average Bonchev–Trinajstić information content (AvgIpc) is 2.41. The number of allylic oxidation sites excluding steroid dienone is 2. The topological polar surface area (TPSA) is 35.5 Å². The van der Waals surface area contributed by atoms with Crippen LogP contribution >= 0.6 is 0 Å². The summed E-state index contributed by atoms with van der Waals surface area (Å²) in [6.07, 6.45) is 5.25. The van der Waals surface area contributed by atoms with Crippen LogP contribution in [-0.4, -0.2) is 19.5 Å². The molecule has 3 heteroatoms. The number of carbonyl (C=O) groups is 1. The van der Waals surface area contributed by atoms with Crippen LogP contribution in [0.2, 0.25) is 0 Å². The van der Waals surface area contributed by atoms with E-state index in [1.54, 1.807) is 0 Å². The molecule has 0 aliphatic carbocycles. The van der Waals surface area contributed by atoms with Gasteiger partial charge in [-0.15, -0.1) is 0 Å². The van der Waals surface area contributed by atoms with Crippen LogP contribution < -0.4 is 9.47 Å². The molecule has 0 aliphatic rings. The number of aldehydes is 1. The van der Waals surface area contributed by atoms with Crippen molar-refractivity contribution < 1.29 is 14.3 Å². The van der Waals surface area contributed by atoms with Crippen LogP contribution in [0.3, 0.4) is 0 Å². The Morgan fingerprint density at radius 1 is 1.00 bits per heavy atom. The van der Waals surface area contributed by atoms with Crippen LogP contribution in [0.1, 0.15) is 33.3 Å². The van der Waals surface area contributed by atoms with Crippen molar-refractivity contribution in [2.45, 2.75) is 34.1 Å². The highest BCUT2D eigenvalue weighted by Crippen LogP contribution is 2.25. The maximum absolute atomic E-state index is 10.7. The van der Waals surface area contributed by atoms with E-state index in [-0.39, 0.29) is 0 Å². The fourth-order valence-electron chi connectivity index (χ4n) is 1.62. The molecule has 0 fully saturated rings. The third-order valence-electron chi connectivity index (χ3n) is 2.81. The molecule has 0 heterocycles. The largest absolute Gasteiger partial charge is 0.489 e. The van der Waals surface area contributed by atoms with E-state index in [1.807, 2.05) is 58.0 Å². The van der Waals surface area contributed by atoms with E-state index in [1.165, 1.54) is 11.1 Å². The zero-order valence-corrected chi connectivity index (χ0v) is 13.3. The number of rotatable bonds is 8. The van der Waals surface area contributed by atoms with Crippen LogP contribution in [-0.2, 0) is 11.2 Å². The molecule has 0 unspecified atom stereocenters. The van der Waals surface area contributed by atoms with Gasteiger partial charge >= 0.3 is 0 Å². The molecule has 0 spiro atoms. The first-order valence-electron chi connectivity index (χ1n) is 7.11. The summed E-state index contributed by atoms with van der Waals surface area (Å²) in [6.45, 7) is 9.13. The summed E-state index contributed by atoms with van der Waals surface area (Å²) in [4.78, 5) is 10.7.